The molecular weight excluding hydrogens is 420 g/mol. The van der Waals surface area contributed by atoms with Crippen LogP contribution in [0.4, 0.5) is 5.69 Å². The van der Waals surface area contributed by atoms with E-state index in [4.69, 9.17) is 9.88 Å². The first-order valence-corrected chi connectivity index (χ1v) is 10.8. The predicted molar refractivity (Wildman–Crippen MR) is 114 cm³/mol. The predicted octanol–water partition coefficient (Wildman–Crippen LogP) is 1.69. The first kappa shape index (κ1) is 23.6. The van der Waals surface area contributed by atoms with Gasteiger partial charge in [0.15, 0.2) is 0 Å². The van der Waals surface area contributed by atoms with Crippen molar-refractivity contribution in [3.8, 4) is 6.07 Å². The Labute approximate surface area is 180 Å². The van der Waals surface area contributed by atoms with Gasteiger partial charge in [-0.15, -0.1) is 0 Å². The van der Waals surface area contributed by atoms with E-state index in [9.17, 15) is 23.3 Å². The molecule has 0 bridgehead atoms. The van der Waals surface area contributed by atoms with Gasteiger partial charge in [-0.05, 0) is 43.2 Å². The second-order valence-electron chi connectivity index (χ2n) is 6.28. The van der Waals surface area contributed by atoms with Crippen LogP contribution < -0.4 is 15.8 Å². The number of sulfonamides is 1. The van der Waals surface area contributed by atoms with Crippen LogP contribution in [-0.4, -0.2) is 33.4 Å². The highest BCUT2D eigenvalue weighted by molar-refractivity contribution is 7.89. The molecule has 162 valence electrons. The summed E-state index contributed by atoms with van der Waals surface area (Å²) in [5, 5.41) is 19.8. The third kappa shape index (κ3) is 6.95. The summed E-state index contributed by atoms with van der Waals surface area (Å²) in [5.41, 5.74) is 1.09. The molecule has 4 N–H and O–H groups in total. The molecule has 0 heterocycles. The Bertz CT molecular complexity index is 1120. The number of amides is 1. The molecule has 0 aromatic heterocycles. The molecule has 1 amide bonds. The number of carbonyl (C=O) groups is 2. The summed E-state index contributed by atoms with van der Waals surface area (Å²) < 4.78 is 27.5. The van der Waals surface area contributed by atoms with Gasteiger partial charge in [0.2, 0.25) is 10.0 Å². The van der Waals surface area contributed by atoms with Crippen molar-refractivity contribution in [1.82, 2.24) is 5.32 Å². The van der Waals surface area contributed by atoms with Crippen LogP contribution >= 0.6 is 0 Å². The van der Waals surface area contributed by atoms with Gasteiger partial charge in [0, 0.05) is 12.7 Å². The molecule has 0 unspecified atom stereocenters. The van der Waals surface area contributed by atoms with E-state index in [1.165, 1.54) is 30.5 Å². The minimum atomic E-state index is -3.74. The molecule has 0 saturated heterocycles. The molecule has 2 aromatic rings. The van der Waals surface area contributed by atoms with Crippen molar-refractivity contribution in [2.24, 2.45) is 5.14 Å². The maximum absolute atomic E-state index is 12.4. The van der Waals surface area contributed by atoms with Crippen molar-refractivity contribution in [3.63, 3.8) is 0 Å². The Kier molecular flexibility index (Phi) is 8.31. The Morgan fingerprint density at radius 1 is 1.16 bits per heavy atom. The normalized spacial score (nSPS) is 11.3. The fourth-order valence-corrected chi connectivity index (χ4v) is 3.07. The SMILES string of the molecule is CCOC(=O)c1ccccc1NC(=O)/C(C#N)=C\NCCc1ccc(S(N)(=O)=O)cc1. The van der Waals surface area contributed by atoms with E-state index in [0.29, 0.717) is 13.0 Å². The Balaban J connectivity index is 1.97. The molecule has 9 nitrogen and oxygen atoms in total. The molecule has 0 atom stereocenters. The molecule has 0 saturated carbocycles. The van der Waals surface area contributed by atoms with E-state index < -0.39 is 21.9 Å². The van der Waals surface area contributed by atoms with Crippen LogP contribution in [-0.2, 0) is 26.0 Å². The second-order valence-corrected chi connectivity index (χ2v) is 7.84. The van der Waals surface area contributed by atoms with Gasteiger partial charge in [-0.1, -0.05) is 24.3 Å². The number of primary sulfonamides is 1. The van der Waals surface area contributed by atoms with Gasteiger partial charge < -0.3 is 15.4 Å². The lowest BCUT2D eigenvalue weighted by atomic mass is 10.1. The van der Waals surface area contributed by atoms with Crippen molar-refractivity contribution in [1.29, 1.82) is 5.26 Å². The number of esters is 1. The van der Waals surface area contributed by atoms with Crippen molar-refractivity contribution < 1.29 is 22.7 Å². The molecule has 31 heavy (non-hydrogen) atoms. The van der Waals surface area contributed by atoms with Gasteiger partial charge in [-0.2, -0.15) is 5.26 Å². The summed E-state index contributed by atoms with van der Waals surface area (Å²) in [6, 6.07) is 14.2. The number of rotatable bonds is 9. The summed E-state index contributed by atoms with van der Waals surface area (Å²) in [5.74, 6) is -1.25. The molecule has 0 aliphatic carbocycles. The van der Waals surface area contributed by atoms with Gasteiger partial charge in [0.05, 0.1) is 22.8 Å². The van der Waals surface area contributed by atoms with E-state index in [2.05, 4.69) is 10.6 Å². The lowest BCUT2D eigenvalue weighted by Crippen LogP contribution is -2.19. The molecule has 2 aromatic carbocycles. The van der Waals surface area contributed by atoms with E-state index in [1.54, 1.807) is 31.2 Å². The average molecular weight is 442 g/mol. The summed E-state index contributed by atoms with van der Waals surface area (Å²) in [4.78, 5) is 24.4. The maximum atomic E-state index is 12.4. The van der Waals surface area contributed by atoms with Gasteiger partial charge >= 0.3 is 5.97 Å². The smallest absolute Gasteiger partial charge is 0.340 e. The topological polar surface area (TPSA) is 151 Å². The largest absolute Gasteiger partial charge is 0.462 e. The van der Waals surface area contributed by atoms with E-state index in [-0.39, 0.29) is 28.3 Å². The van der Waals surface area contributed by atoms with E-state index in [1.807, 2.05) is 6.07 Å². The highest BCUT2D eigenvalue weighted by Crippen LogP contribution is 2.17. The molecule has 0 aliphatic heterocycles. The van der Waals surface area contributed by atoms with E-state index >= 15 is 0 Å². The fraction of sp³-hybridized carbons (Fsp3) is 0.190. The van der Waals surface area contributed by atoms with Crippen LogP contribution in [0.15, 0.2) is 65.2 Å². The summed E-state index contributed by atoms with van der Waals surface area (Å²) in [7, 11) is -3.74. The fourth-order valence-electron chi connectivity index (χ4n) is 2.55. The minimum absolute atomic E-state index is 0.0237. The third-order valence-electron chi connectivity index (χ3n) is 4.09. The number of nitrogens with two attached hydrogens (primary N) is 1. The number of para-hydroxylation sites is 1. The molecular formula is C21H22N4O5S. The molecule has 0 fully saturated rings. The number of ether oxygens (including phenoxy) is 1. The monoisotopic (exact) mass is 442 g/mol. The first-order chi connectivity index (χ1) is 14.8. The number of hydrogen-bond donors (Lipinski definition) is 3. The van der Waals surface area contributed by atoms with Crippen molar-refractivity contribution in [2.75, 3.05) is 18.5 Å². The highest BCUT2D eigenvalue weighted by Gasteiger charge is 2.16. The van der Waals surface area contributed by atoms with Crippen molar-refractivity contribution in [3.05, 3.63) is 71.4 Å². The van der Waals surface area contributed by atoms with Gasteiger partial charge in [-0.25, -0.2) is 18.4 Å². The zero-order valence-electron chi connectivity index (χ0n) is 16.8. The number of anilines is 1. The molecule has 0 aliphatic rings. The standard InChI is InChI=1S/C21H22N4O5S/c1-2-30-21(27)18-5-3-4-6-19(18)25-20(26)16(13-22)14-24-12-11-15-7-9-17(10-8-15)31(23,28)29/h3-10,14,24H,2,11-12H2,1H3,(H,25,26)(H2,23,28,29)/b16-14-. The van der Waals surface area contributed by atoms with Gasteiger partial charge in [-0.3, -0.25) is 4.79 Å². The number of carbonyl (C=O) groups excluding carboxylic acids is 2. The van der Waals surface area contributed by atoms with Crippen LogP contribution in [0.2, 0.25) is 0 Å². The van der Waals surface area contributed by atoms with Crippen molar-refractivity contribution >= 4 is 27.6 Å². The lowest BCUT2D eigenvalue weighted by molar-refractivity contribution is -0.112. The van der Waals surface area contributed by atoms with Crippen LogP contribution in [0.3, 0.4) is 0 Å². The third-order valence-corrected chi connectivity index (χ3v) is 5.02. The van der Waals surface area contributed by atoms with Crippen LogP contribution in [0.25, 0.3) is 0 Å². The van der Waals surface area contributed by atoms with Crippen LogP contribution in [0.5, 0.6) is 0 Å². The Morgan fingerprint density at radius 3 is 2.45 bits per heavy atom. The summed E-state index contributed by atoms with van der Waals surface area (Å²) in [6.45, 7) is 2.27. The second kappa shape index (κ2) is 10.9. The Morgan fingerprint density at radius 2 is 1.84 bits per heavy atom. The highest BCUT2D eigenvalue weighted by atomic mass is 32.2. The van der Waals surface area contributed by atoms with E-state index in [0.717, 1.165) is 5.56 Å². The number of hydrogen-bond acceptors (Lipinski definition) is 7. The zero-order chi connectivity index (χ0) is 22.9. The van der Waals surface area contributed by atoms with Crippen molar-refractivity contribution in [2.45, 2.75) is 18.2 Å². The quantitative estimate of drug-likeness (QED) is 0.231. The average Bonchev–Trinajstić information content (AvgIpc) is 2.74. The lowest BCUT2D eigenvalue weighted by Gasteiger charge is -2.10. The number of benzene rings is 2. The number of nitrogens with zero attached hydrogens (tertiary/aromatic N) is 1. The van der Waals surface area contributed by atoms with Gasteiger partial charge in [0.25, 0.3) is 5.91 Å². The molecule has 0 radical (unpaired) electrons. The molecule has 10 heteroatoms. The summed E-state index contributed by atoms with van der Waals surface area (Å²) >= 11 is 0. The molecule has 0 spiro atoms. The minimum Gasteiger partial charge on any atom is -0.462 e. The number of nitriles is 1. The number of nitrogens with one attached hydrogen (secondary N) is 2. The maximum Gasteiger partial charge on any atom is 0.340 e. The Hall–Kier alpha value is -3.68. The van der Waals surface area contributed by atoms with Crippen LogP contribution in [0, 0.1) is 11.3 Å². The first-order valence-electron chi connectivity index (χ1n) is 9.29. The van der Waals surface area contributed by atoms with Gasteiger partial charge in [0.1, 0.15) is 11.6 Å². The zero-order valence-corrected chi connectivity index (χ0v) is 17.6. The molecule has 2 rings (SSSR count). The van der Waals surface area contributed by atoms with Crippen LogP contribution in [0.1, 0.15) is 22.8 Å². The summed E-state index contributed by atoms with van der Waals surface area (Å²) in [6.07, 6.45) is 1.80.